The monoisotopic (exact) mass is 550 g/mol. The van der Waals surface area contributed by atoms with Gasteiger partial charge in [0.05, 0.1) is 25.6 Å². The van der Waals surface area contributed by atoms with Crippen LogP contribution >= 0.6 is 24.4 Å². The molecule has 0 aromatic heterocycles. The summed E-state index contributed by atoms with van der Waals surface area (Å²) in [7, 11) is 3.38. The van der Waals surface area contributed by atoms with Crippen molar-refractivity contribution in [2.45, 2.75) is 63.5 Å². The van der Waals surface area contributed by atoms with E-state index in [1.165, 1.54) is 51.4 Å². The summed E-state index contributed by atoms with van der Waals surface area (Å²) in [5.41, 5.74) is 3.79. The SMILES string of the molecule is COc1cc(-c2ccc(NC(=S)N[C@@H]3C[C@@H]4CC[C@H]3C4)c(OC)c2)ccc1NC(=S)N[C@H]1C[C@@H]2CC[C@H]1C2. The molecular weight excluding hydrogens is 512 g/mol. The molecule has 2 aromatic carbocycles. The van der Waals surface area contributed by atoms with E-state index < -0.39 is 0 Å². The number of hydrogen-bond acceptors (Lipinski definition) is 4. The maximum Gasteiger partial charge on any atom is 0.171 e. The minimum absolute atomic E-state index is 0.495. The molecule has 0 radical (unpaired) electrons. The van der Waals surface area contributed by atoms with Gasteiger partial charge in [-0.25, -0.2) is 0 Å². The Balaban J connectivity index is 1.11. The van der Waals surface area contributed by atoms with Gasteiger partial charge in [0.15, 0.2) is 10.2 Å². The molecule has 38 heavy (non-hydrogen) atoms. The van der Waals surface area contributed by atoms with E-state index >= 15 is 0 Å². The van der Waals surface area contributed by atoms with E-state index in [1.807, 2.05) is 24.3 Å². The number of rotatable bonds is 7. The van der Waals surface area contributed by atoms with E-state index in [2.05, 4.69) is 33.4 Å². The fourth-order valence-electron chi connectivity index (χ4n) is 7.44. The maximum atomic E-state index is 5.73. The van der Waals surface area contributed by atoms with Crippen LogP contribution in [-0.2, 0) is 0 Å². The average molecular weight is 551 g/mol. The number of benzene rings is 2. The van der Waals surface area contributed by atoms with Crippen LogP contribution in [-0.4, -0.2) is 36.5 Å². The van der Waals surface area contributed by atoms with Crippen LogP contribution in [0.2, 0.25) is 0 Å². The third-order valence-electron chi connectivity index (χ3n) is 9.34. The standard InChI is InChI=1S/C30H38N4O2S2/c1-35-27-15-19(7-9-23(27)31-29(37)33-25-13-17-3-5-21(25)11-17)20-8-10-24(28(16-20)36-2)32-30(38)34-26-14-18-4-6-22(26)12-18/h7-10,15-18,21-22,25-26H,3-6,11-14H2,1-2H3,(H2,31,33,37)(H2,32,34,38)/t17-,18-,21+,22+,25-,26+/m1/s1. The average Bonchev–Trinajstić information content (AvgIpc) is 3.72. The first-order valence-corrected chi connectivity index (χ1v) is 14.8. The lowest BCUT2D eigenvalue weighted by Crippen LogP contribution is -2.40. The number of thiocarbonyl (C=S) groups is 2. The number of anilines is 2. The van der Waals surface area contributed by atoms with Gasteiger partial charge in [-0.2, -0.15) is 0 Å². The number of ether oxygens (including phenoxy) is 2. The highest BCUT2D eigenvalue weighted by Gasteiger charge is 2.40. The van der Waals surface area contributed by atoms with Crippen molar-refractivity contribution in [3.05, 3.63) is 36.4 Å². The van der Waals surface area contributed by atoms with Gasteiger partial charge in [-0.1, -0.05) is 25.0 Å². The van der Waals surface area contributed by atoms with Crippen molar-refractivity contribution < 1.29 is 9.47 Å². The molecule has 4 N–H and O–H groups in total. The normalized spacial score (nSPS) is 28.7. The maximum absolute atomic E-state index is 5.73. The van der Waals surface area contributed by atoms with Crippen molar-refractivity contribution in [2.24, 2.45) is 23.7 Å². The highest BCUT2D eigenvalue weighted by atomic mass is 32.1. The predicted molar refractivity (Wildman–Crippen MR) is 162 cm³/mol. The Morgan fingerprint density at radius 2 is 1.11 bits per heavy atom. The Kier molecular flexibility index (Phi) is 7.36. The first-order valence-electron chi connectivity index (χ1n) is 14.0. The van der Waals surface area contributed by atoms with Crippen LogP contribution in [0.5, 0.6) is 11.5 Å². The molecule has 8 heteroatoms. The Hall–Kier alpha value is -2.58. The van der Waals surface area contributed by atoms with E-state index in [4.69, 9.17) is 33.9 Å². The summed E-state index contributed by atoms with van der Waals surface area (Å²) in [5.74, 6) is 4.77. The van der Waals surface area contributed by atoms with Crippen molar-refractivity contribution in [1.29, 1.82) is 0 Å². The molecule has 4 aliphatic rings. The highest BCUT2D eigenvalue weighted by Crippen LogP contribution is 2.45. The minimum Gasteiger partial charge on any atom is -0.495 e. The van der Waals surface area contributed by atoms with Gasteiger partial charge in [-0.05, 0) is 122 Å². The third kappa shape index (κ3) is 5.30. The molecule has 0 aliphatic heterocycles. The quantitative estimate of drug-likeness (QED) is 0.299. The Bertz CT molecular complexity index is 1130. The van der Waals surface area contributed by atoms with Gasteiger partial charge in [0.2, 0.25) is 0 Å². The Labute approximate surface area is 236 Å². The van der Waals surface area contributed by atoms with E-state index in [0.29, 0.717) is 22.3 Å². The molecule has 0 spiro atoms. The van der Waals surface area contributed by atoms with Crippen molar-refractivity contribution in [3.8, 4) is 22.6 Å². The van der Waals surface area contributed by atoms with Crippen molar-refractivity contribution in [2.75, 3.05) is 24.9 Å². The summed E-state index contributed by atoms with van der Waals surface area (Å²) < 4.78 is 11.5. The highest BCUT2D eigenvalue weighted by molar-refractivity contribution is 7.80. The molecule has 0 unspecified atom stereocenters. The van der Waals surface area contributed by atoms with E-state index in [-0.39, 0.29) is 0 Å². The van der Waals surface area contributed by atoms with Crippen LogP contribution in [0.3, 0.4) is 0 Å². The van der Waals surface area contributed by atoms with Gasteiger partial charge in [0.25, 0.3) is 0 Å². The topological polar surface area (TPSA) is 66.6 Å². The van der Waals surface area contributed by atoms with Gasteiger partial charge >= 0.3 is 0 Å². The van der Waals surface area contributed by atoms with Crippen LogP contribution in [0.25, 0.3) is 11.1 Å². The molecule has 202 valence electrons. The molecular formula is C30H38N4O2S2. The van der Waals surface area contributed by atoms with Crippen LogP contribution in [0.15, 0.2) is 36.4 Å². The fraction of sp³-hybridized carbons (Fsp3) is 0.533. The minimum atomic E-state index is 0.495. The second kappa shape index (κ2) is 10.9. The van der Waals surface area contributed by atoms with Crippen molar-refractivity contribution >= 4 is 46.0 Å². The molecule has 0 heterocycles. The molecule has 0 amide bonds. The molecule has 0 saturated heterocycles. The summed E-state index contributed by atoms with van der Waals surface area (Å²) in [6.45, 7) is 0. The van der Waals surface area contributed by atoms with Gasteiger partial charge in [-0.3, -0.25) is 0 Å². The van der Waals surface area contributed by atoms with Crippen LogP contribution in [0.1, 0.15) is 51.4 Å². The lowest BCUT2D eigenvalue weighted by Gasteiger charge is -2.25. The lowest BCUT2D eigenvalue weighted by atomic mass is 9.95. The molecule has 6 atom stereocenters. The van der Waals surface area contributed by atoms with Crippen LogP contribution < -0.4 is 30.7 Å². The van der Waals surface area contributed by atoms with Gasteiger partial charge < -0.3 is 30.7 Å². The van der Waals surface area contributed by atoms with Crippen LogP contribution in [0, 0.1) is 23.7 Å². The summed E-state index contributed by atoms with van der Waals surface area (Å²) in [5, 5.41) is 15.1. The van der Waals surface area contributed by atoms with Gasteiger partial charge in [0, 0.05) is 12.1 Å². The summed E-state index contributed by atoms with van der Waals surface area (Å²) in [4.78, 5) is 0. The first-order chi connectivity index (χ1) is 18.5. The molecule has 6 nitrogen and oxygen atoms in total. The Morgan fingerprint density at radius 3 is 1.45 bits per heavy atom. The zero-order valence-electron chi connectivity index (χ0n) is 22.2. The van der Waals surface area contributed by atoms with E-state index in [1.54, 1.807) is 14.2 Å². The number of nitrogens with one attached hydrogen (secondary N) is 4. The summed E-state index contributed by atoms with van der Waals surface area (Å²) in [6.07, 6.45) is 10.6. The summed E-state index contributed by atoms with van der Waals surface area (Å²) >= 11 is 11.3. The first kappa shape index (κ1) is 25.7. The molecule has 4 aliphatic carbocycles. The zero-order valence-corrected chi connectivity index (χ0v) is 23.9. The van der Waals surface area contributed by atoms with E-state index in [9.17, 15) is 0 Å². The van der Waals surface area contributed by atoms with E-state index in [0.717, 1.165) is 57.7 Å². The van der Waals surface area contributed by atoms with Crippen molar-refractivity contribution in [3.63, 3.8) is 0 Å². The third-order valence-corrected chi connectivity index (χ3v) is 9.78. The Morgan fingerprint density at radius 1 is 0.658 bits per heavy atom. The van der Waals surface area contributed by atoms with Gasteiger partial charge in [-0.15, -0.1) is 0 Å². The van der Waals surface area contributed by atoms with Crippen molar-refractivity contribution in [1.82, 2.24) is 10.6 Å². The fourth-order valence-corrected chi connectivity index (χ4v) is 7.97. The van der Waals surface area contributed by atoms with Crippen LogP contribution in [0.4, 0.5) is 11.4 Å². The number of methoxy groups -OCH3 is 2. The molecule has 4 saturated carbocycles. The molecule has 4 fully saturated rings. The largest absolute Gasteiger partial charge is 0.495 e. The smallest absolute Gasteiger partial charge is 0.171 e. The molecule has 6 rings (SSSR count). The molecule has 2 aromatic rings. The molecule has 4 bridgehead atoms. The number of fused-ring (bicyclic) bond motifs is 4. The lowest BCUT2D eigenvalue weighted by molar-refractivity contribution is 0.391. The van der Waals surface area contributed by atoms with Gasteiger partial charge in [0.1, 0.15) is 11.5 Å². The summed E-state index contributed by atoms with van der Waals surface area (Å²) in [6, 6.07) is 13.3. The second-order valence-corrected chi connectivity index (χ2v) is 12.4. The second-order valence-electron chi connectivity index (χ2n) is 11.6. The number of hydrogen-bond donors (Lipinski definition) is 4. The predicted octanol–water partition coefficient (Wildman–Crippen LogP) is 6.32. The zero-order chi connectivity index (χ0) is 26.2.